The topological polar surface area (TPSA) is 50.3 Å². The highest BCUT2D eigenvalue weighted by Gasteiger charge is 2.19. The Balaban J connectivity index is 2.55. The number of para-hydroxylation sites is 2. The third kappa shape index (κ3) is 2.44. The summed E-state index contributed by atoms with van der Waals surface area (Å²) in [7, 11) is 0. The lowest BCUT2D eigenvalue weighted by molar-refractivity contribution is -0.127. The van der Waals surface area contributed by atoms with Crippen LogP contribution in [0.2, 0.25) is 0 Å². The number of aromatic nitrogens is 2. The first-order valence-electron chi connectivity index (χ1n) is 5.56. The second-order valence-electron chi connectivity index (χ2n) is 4.87. The molecule has 96 valence electrons. The summed E-state index contributed by atoms with van der Waals surface area (Å²) in [5.74, 6) is 0. The summed E-state index contributed by atoms with van der Waals surface area (Å²) in [4.78, 5) is 19.8. The van der Waals surface area contributed by atoms with Crippen molar-refractivity contribution in [2.45, 2.75) is 26.4 Å². The molecule has 1 N–H and O–H groups in total. The van der Waals surface area contributed by atoms with Crippen LogP contribution in [0.1, 0.15) is 20.8 Å². The summed E-state index contributed by atoms with van der Waals surface area (Å²) in [5.41, 5.74) is 1.15. The van der Waals surface area contributed by atoms with Crippen molar-refractivity contribution in [1.29, 1.82) is 0 Å². The number of imidazole rings is 1. The van der Waals surface area contributed by atoms with E-state index >= 15 is 0 Å². The van der Waals surface area contributed by atoms with Gasteiger partial charge in [-0.15, -0.1) is 5.17 Å². The number of aromatic amines is 1. The third-order valence-corrected chi connectivity index (χ3v) is 2.50. The van der Waals surface area contributed by atoms with Gasteiger partial charge >= 0.3 is 0 Å². The fourth-order valence-corrected chi connectivity index (χ4v) is 1.92. The summed E-state index contributed by atoms with van der Waals surface area (Å²) in [6.45, 7) is 5.59. The Morgan fingerprint density at radius 2 is 2.06 bits per heavy atom. The minimum atomic E-state index is -0.492. The number of hydrogen-bond acceptors (Lipinski definition) is 3. The SMILES string of the molecule is CC(C)(C)ON(C=O)n1c(=S)[nH]c2ccccc21. The minimum Gasteiger partial charge on any atom is -0.329 e. The zero-order valence-corrected chi connectivity index (χ0v) is 11.3. The Kier molecular flexibility index (Phi) is 3.23. The first kappa shape index (κ1) is 12.8. The molecule has 0 saturated heterocycles. The molecule has 0 aliphatic heterocycles. The van der Waals surface area contributed by atoms with Crippen LogP contribution < -0.4 is 5.17 Å². The molecule has 18 heavy (non-hydrogen) atoms. The number of amides is 1. The molecule has 1 aromatic heterocycles. The Hall–Kier alpha value is -1.66. The molecule has 0 bridgehead atoms. The van der Waals surface area contributed by atoms with Crippen molar-refractivity contribution in [1.82, 2.24) is 9.66 Å². The number of hydrogen-bond donors (Lipinski definition) is 1. The van der Waals surface area contributed by atoms with Gasteiger partial charge in [-0.25, -0.2) is 4.84 Å². The van der Waals surface area contributed by atoms with Crippen LogP contribution in [0.15, 0.2) is 24.3 Å². The average molecular weight is 265 g/mol. The molecule has 5 nitrogen and oxygen atoms in total. The molecule has 1 aromatic carbocycles. The fourth-order valence-electron chi connectivity index (χ4n) is 1.63. The van der Waals surface area contributed by atoms with Gasteiger partial charge in [0, 0.05) is 0 Å². The second-order valence-corrected chi connectivity index (χ2v) is 5.26. The van der Waals surface area contributed by atoms with Gasteiger partial charge in [0.1, 0.15) is 0 Å². The van der Waals surface area contributed by atoms with E-state index in [1.165, 1.54) is 4.68 Å². The maximum absolute atomic E-state index is 11.2. The smallest absolute Gasteiger partial charge is 0.255 e. The molecule has 0 aliphatic carbocycles. The van der Waals surface area contributed by atoms with E-state index in [0.717, 1.165) is 16.2 Å². The van der Waals surface area contributed by atoms with Crippen LogP contribution >= 0.6 is 12.2 Å². The molecule has 0 unspecified atom stereocenters. The molecular weight excluding hydrogens is 250 g/mol. The molecule has 1 amide bonds. The minimum absolute atomic E-state index is 0.410. The summed E-state index contributed by atoms with van der Waals surface area (Å²) >= 11 is 5.21. The van der Waals surface area contributed by atoms with Gasteiger partial charge < -0.3 is 4.98 Å². The van der Waals surface area contributed by atoms with Crippen molar-refractivity contribution in [2.24, 2.45) is 0 Å². The molecular formula is C12H15N3O2S. The zero-order chi connectivity index (χ0) is 13.3. The van der Waals surface area contributed by atoms with Gasteiger partial charge in [-0.05, 0) is 45.1 Å². The monoisotopic (exact) mass is 265 g/mol. The van der Waals surface area contributed by atoms with Crippen molar-refractivity contribution < 1.29 is 9.63 Å². The molecule has 0 aliphatic rings. The summed E-state index contributed by atoms with van der Waals surface area (Å²) in [6, 6.07) is 7.53. The molecule has 6 heteroatoms. The highest BCUT2D eigenvalue weighted by Crippen LogP contribution is 2.16. The van der Waals surface area contributed by atoms with E-state index in [1.807, 2.05) is 45.0 Å². The first-order valence-corrected chi connectivity index (χ1v) is 5.97. The van der Waals surface area contributed by atoms with Gasteiger partial charge in [-0.2, -0.15) is 4.68 Å². The number of nitrogens with zero attached hydrogens (tertiary/aromatic N) is 2. The highest BCUT2D eigenvalue weighted by atomic mass is 32.1. The maximum Gasteiger partial charge on any atom is 0.255 e. The van der Waals surface area contributed by atoms with Crippen molar-refractivity contribution in [3.05, 3.63) is 29.0 Å². The number of carbonyl (C=O) groups is 1. The van der Waals surface area contributed by atoms with Crippen LogP contribution in [0.25, 0.3) is 11.0 Å². The van der Waals surface area contributed by atoms with Crippen molar-refractivity contribution in [2.75, 3.05) is 5.17 Å². The molecule has 0 fully saturated rings. The van der Waals surface area contributed by atoms with Gasteiger partial charge in [-0.1, -0.05) is 12.1 Å². The second kappa shape index (κ2) is 4.55. The standard InChI is InChI=1S/C12H15N3O2S/c1-12(2,3)17-14(8-16)15-10-7-5-4-6-9(10)13-11(15)18/h4-8H,1-3H3,(H,13,18). The molecule has 1 heterocycles. The number of carbonyl (C=O) groups excluding carboxylic acids is 1. The number of benzene rings is 1. The van der Waals surface area contributed by atoms with Gasteiger partial charge in [0.15, 0.2) is 4.77 Å². The van der Waals surface area contributed by atoms with E-state index in [2.05, 4.69) is 4.98 Å². The fraction of sp³-hybridized carbons (Fsp3) is 0.333. The van der Waals surface area contributed by atoms with Crippen LogP contribution in [-0.4, -0.2) is 21.7 Å². The summed E-state index contributed by atoms with van der Waals surface area (Å²) in [6.07, 6.45) is 0.599. The van der Waals surface area contributed by atoms with E-state index in [9.17, 15) is 4.79 Å². The van der Waals surface area contributed by atoms with Gasteiger partial charge in [0.05, 0.1) is 16.6 Å². The highest BCUT2D eigenvalue weighted by molar-refractivity contribution is 7.71. The van der Waals surface area contributed by atoms with Crippen LogP contribution in [0.4, 0.5) is 0 Å². The average Bonchev–Trinajstić information content (AvgIpc) is 2.61. The van der Waals surface area contributed by atoms with E-state index < -0.39 is 5.60 Å². The Morgan fingerprint density at radius 3 is 2.67 bits per heavy atom. The van der Waals surface area contributed by atoms with E-state index in [4.69, 9.17) is 17.1 Å². The van der Waals surface area contributed by atoms with Gasteiger partial charge in [0.2, 0.25) is 0 Å². The normalized spacial score (nSPS) is 11.7. The molecule has 2 aromatic rings. The number of hydroxylamine groups is 1. The van der Waals surface area contributed by atoms with Crippen molar-refractivity contribution in [3.8, 4) is 0 Å². The van der Waals surface area contributed by atoms with Gasteiger partial charge in [-0.3, -0.25) is 4.79 Å². The Bertz CT molecular complexity index is 624. The molecule has 0 saturated carbocycles. The van der Waals surface area contributed by atoms with Crippen LogP contribution in [-0.2, 0) is 9.63 Å². The lowest BCUT2D eigenvalue weighted by atomic mass is 10.2. The molecule has 2 rings (SSSR count). The number of nitrogens with one attached hydrogen (secondary N) is 1. The lowest BCUT2D eigenvalue weighted by Crippen LogP contribution is -2.40. The maximum atomic E-state index is 11.2. The Labute approximate surface area is 110 Å². The van der Waals surface area contributed by atoms with Crippen molar-refractivity contribution in [3.63, 3.8) is 0 Å². The van der Waals surface area contributed by atoms with E-state index in [0.29, 0.717) is 11.2 Å². The Morgan fingerprint density at radius 1 is 1.39 bits per heavy atom. The largest absolute Gasteiger partial charge is 0.329 e. The van der Waals surface area contributed by atoms with Crippen LogP contribution in [0.5, 0.6) is 0 Å². The first-order chi connectivity index (χ1) is 8.42. The van der Waals surface area contributed by atoms with Crippen LogP contribution in [0, 0.1) is 4.77 Å². The molecule has 0 atom stereocenters. The van der Waals surface area contributed by atoms with Crippen LogP contribution in [0.3, 0.4) is 0 Å². The summed E-state index contributed by atoms with van der Waals surface area (Å²) < 4.78 is 1.94. The molecule has 0 radical (unpaired) electrons. The zero-order valence-electron chi connectivity index (χ0n) is 10.5. The predicted octanol–water partition coefficient (Wildman–Crippen LogP) is 2.52. The quantitative estimate of drug-likeness (QED) is 0.527. The lowest BCUT2D eigenvalue weighted by Gasteiger charge is -2.26. The number of H-pyrrole nitrogens is 1. The number of rotatable bonds is 3. The van der Waals surface area contributed by atoms with E-state index in [1.54, 1.807) is 0 Å². The van der Waals surface area contributed by atoms with Gasteiger partial charge in [0.25, 0.3) is 6.41 Å². The van der Waals surface area contributed by atoms with Crippen molar-refractivity contribution >= 4 is 29.7 Å². The number of fused-ring (bicyclic) bond motifs is 1. The predicted molar refractivity (Wildman–Crippen MR) is 72.2 cm³/mol. The third-order valence-electron chi connectivity index (χ3n) is 2.22. The van der Waals surface area contributed by atoms with E-state index in [-0.39, 0.29) is 0 Å². The molecule has 0 spiro atoms. The summed E-state index contributed by atoms with van der Waals surface area (Å²) in [5, 5.41) is 1.11.